The van der Waals surface area contributed by atoms with Gasteiger partial charge in [-0.05, 0) is 25.1 Å². The molecule has 0 amide bonds. The number of nitriles is 1. The molecule has 1 aliphatic rings. The number of nitrogens with zero attached hydrogens (tertiary/aromatic N) is 5. The number of aromatic amines is 1. The van der Waals surface area contributed by atoms with Crippen LogP contribution in [0.1, 0.15) is 24.0 Å². The van der Waals surface area contributed by atoms with E-state index >= 15 is 0 Å². The van der Waals surface area contributed by atoms with Crippen LogP contribution in [0.2, 0.25) is 0 Å². The van der Waals surface area contributed by atoms with Crippen LogP contribution in [0.15, 0.2) is 35.3 Å². The summed E-state index contributed by atoms with van der Waals surface area (Å²) in [5.74, 6) is 1.96. The maximum Gasteiger partial charge on any atom is 0.348 e. The first-order chi connectivity index (χ1) is 12.6. The molecule has 132 valence electrons. The highest BCUT2D eigenvalue weighted by atomic mass is 16.5. The van der Waals surface area contributed by atoms with E-state index in [-0.39, 0.29) is 11.8 Å². The van der Waals surface area contributed by atoms with Crippen molar-refractivity contribution in [2.24, 2.45) is 0 Å². The van der Waals surface area contributed by atoms with Gasteiger partial charge in [-0.15, -0.1) is 5.10 Å². The average molecular weight is 350 g/mol. The summed E-state index contributed by atoms with van der Waals surface area (Å²) in [4.78, 5) is 18.4. The van der Waals surface area contributed by atoms with Gasteiger partial charge in [-0.25, -0.2) is 14.3 Å². The van der Waals surface area contributed by atoms with E-state index in [0.717, 1.165) is 43.1 Å². The molecule has 0 spiro atoms. The lowest BCUT2D eigenvalue weighted by Gasteiger charge is -2.33. The summed E-state index contributed by atoms with van der Waals surface area (Å²) in [6.45, 7) is 3.56. The molecular weight excluding hydrogens is 332 g/mol. The van der Waals surface area contributed by atoms with E-state index in [9.17, 15) is 4.79 Å². The molecule has 8 heteroatoms. The summed E-state index contributed by atoms with van der Waals surface area (Å²) in [5, 5.41) is 15.3. The molecule has 1 N–H and O–H groups in total. The van der Waals surface area contributed by atoms with Gasteiger partial charge < -0.3 is 9.64 Å². The topological polar surface area (TPSA) is 99.3 Å². The average Bonchev–Trinajstić information content (AvgIpc) is 3.02. The fraction of sp³-hybridized carbons (Fsp3) is 0.333. The molecule has 1 saturated heterocycles. The number of piperidine rings is 1. The van der Waals surface area contributed by atoms with Crippen LogP contribution < -0.4 is 15.3 Å². The Morgan fingerprint density at radius 2 is 2.15 bits per heavy atom. The van der Waals surface area contributed by atoms with Crippen molar-refractivity contribution in [1.29, 1.82) is 5.26 Å². The quantitative estimate of drug-likeness (QED) is 0.771. The van der Waals surface area contributed by atoms with Crippen LogP contribution in [0.5, 0.6) is 5.75 Å². The number of fused-ring (bicyclic) bond motifs is 1. The van der Waals surface area contributed by atoms with Crippen molar-refractivity contribution in [3.05, 3.63) is 52.1 Å². The zero-order valence-corrected chi connectivity index (χ0v) is 14.3. The maximum atomic E-state index is 11.6. The zero-order chi connectivity index (χ0) is 18.1. The summed E-state index contributed by atoms with van der Waals surface area (Å²) >= 11 is 0. The predicted octanol–water partition coefficient (Wildman–Crippen LogP) is 1.65. The normalized spacial score (nSPS) is 15.2. The first-order valence-corrected chi connectivity index (χ1v) is 8.50. The number of nitrogens with one attached hydrogen (secondary N) is 1. The summed E-state index contributed by atoms with van der Waals surface area (Å²) in [6, 6.07) is 9.36. The molecule has 0 unspecified atom stereocenters. The second-order valence-corrected chi connectivity index (χ2v) is 6.39. The van der Waals surface area contributed by atoms with Crippen LogP contribution in [0, 0.1) is 18.3 Å². The second kappa shape index (κ2) is 6.52. The van der Waals surface area contributed by atoms with Gasteiger partial charge in [0.25, 0.3) is 5.78 Å². The molecule has 0 aliphatic carbocycles. The molecule has 0 radical (unpaired) electrons. The highest BCUT2D eigenvalue weighted by molar-refractivity contribution is 5.50. The van der Waals surface area contributed by atoms with E-state index in [1.54, 1.807) is 18.3 Å². The highest BCUT2D eigenvalue weighted by Gasteiger charge is 2.23. The van der Waals surface area contributed by atoms with Crippen molar-refractivity contribution in [1.82, 2.24) is 19.6 Å². The molecule has 1 aromatic carbocycles. The van der Waals surface area contributed by atoms with Gasteiger partial charge in [0.2, 0.25) is 0 Å². The Morgan fingerprint density at radius 1 is 1.35 bits per heavy atom. The first kappa shape index (κ1) is 16.1. The van der Waals surface area contributed by atoms with E-state index in [1.165, 1.54) is 4.40 Å². The summed E-state index contributed by atoms with van der Waals surface area (Å²) in [6.07, 6.45) is 3.59. The van der Waals surface area contributed by atoms with Crippen LogP contribution in [0.3, 0.4) is 0 Å². The van der Waals surface area contributed by atoms with Crippen LogP contribution in [0.4, 0.5) is 5.82 Å². The third kappa shape index (κ3) is 2.99. The van der Waals surface area contributed by atoms with Gasteiger partial charge in [0, 0.05) is 37.7 Å². The van der Waals surface area contributed by atoms with Crippen LogP contribution in [-0.2, 0) is 0 Å². The molecule has 0 bridgehead atoms. The van der Waals surface area contributed by atoms with Crippen molar-refractivity contribution >= 4 is 11.6 Å². The third-order valence-corrected chi connectivity index (χ3v) is 4.57. The van der Waals surface area contributed by atoms with Crippen LogP contribution >= 0.6 is 0 Å². The van der Waals surface area contributed by atoms with Gasteiger partial charge in [0.15, 0.2) is 0 Å². The van der Waals surface area contributed by atoms with Gasteiger partial charge >= 0.3 is 5.69 Å². The summed E-state index contributed by atoms with van der Waals surface area (Å²) in [7, 11) is 0. The standard InChI is InChI=1S/C18H18N6O2/c1-12-11-24-17(21-22-18(24)25)20-16(12)23-7-5-14(6-8-23)26-15-4-2-3-13(9-15)10-19/h2-4,9,11,14H,5-8H2,1H3,(H,22,25). The molecule has 1 fully saturated rings. The molecule has 4 rings (SSSR count). The Morgan fingerprint density at radius 3 is 2.92 bits per heavy atom. The van der Waals surface area contributed by atoms with Crippen molar-refractivity contribution in [2.75, 3.05) is 18.0 Å². The Balaban J connectivity index is 1.46. The number of benzene rings is 1. The minimum Gasteiger partial charge on any atom is -0.490 e. The van der Waals surface area contributed by atoms with Crippen molar-refractivity contribution in [2.45, 2.75) is 25.9 Å². The molecule has 1 aliphatic heterocycles. The Hall–Kier alpha value is -3.34. The van der Waals surface area contributed by atoms with Gasteiger partial charge in [-0.1, -0.05) is 6.07 Å². The molecular formula is C18H18N6O2. The van der Waals surface area contributed by atoms with E-state index in [2.05, 4.69) is 26.2 Å². The Kier molecular flexibility index (Phi) is 4.05. The number of anilines is 1. The van der Waals surface area contributed by atoms with Gasteiger partial charge in [0.1, 0.15) is 17.7 Å². The first-order valence-electron chi connectivity index (χ1n) is 8.50. The van der Waals surface area contributed by atoms with Gasteiger partial charge in [-0.2, -0.15) is 10.2 Å². The smallest absolute Gasteiger partial charge is 0.348 e. The number of hydrogen-bond acceptors (Lipinski definition) is 6. The number of ether oxygens (including phenoxy) is 1. The van der Waals surface area contributed by atoms with Crippen molar-refractivity contribution in [3.63, 3.8) is 0 Å². The largest absolute Gasteiger partial charge is 0.490 e. The minimum absolute atomic E-state index is 0.109. The summed E-state index contributed by atoms with van der Waals surface area (Å²) < 4.78 is 7.44. The van der Waals surface area contributed by atoms with Gasteiger partial charge in [0.05, 0.1) is 11.6 Å². The molecule has 26 heavy (non-hydrogen) atoms. The minimum atomic E-state index is -0.283. The van der Waals surface area contributed by atoms with E-state index < -0.39 is 0 Å². The number of aromatic nitrogens is 4. The zero-order valence-electron chi connectivity index (χ0n) is 14.3. The predicted molar refractivity (Wildman–Crippen MR) is 95.4 cm³/mol. The lowest BCUT2D eigenvalue weighted by atomic mass is 10.1. The van der Waals surface area contributed by atoms with Crippen molar-refractivity contribution in [3.8, 4) is 11.8 Å². The number of rotatable bonds is 3. The molecule has 8 nitrogen and oxygen atoms in total. The summed E-state index contributed by atoms with van der Waals surface area (Å²) in [5.41, 5.74) is 1.25. The van der Waals surface area contributed by atoms with E-state index in [1.807, 2.05) is 19.1 Å². The Labute approximate surface area is 149 Å². The van der Waals surface area contributed by atoms with Crippen LogP contribution in [0.25, 0.3) is 5.78 Å². The molecule has 0 atom stereocenters. The second-order valence-electron chi connectivity index (χ2n) is 6.39. The highest BCUT2D eigenvalue weighted by Crippen LogP contribution is 2.24. The number of aryl methyl sites for hydroxylation is 1. The number of H-pyrrole nitrogens is 1. The molecule has 3 heterocycles. The number of hydrogen-bond donors (Lipinski definition) is 1. The van der Waals surface area contributed by atoms with Gasteiger partial charge in [-0.3, -0.25) is 0 Å². The molecule has 3 aromatic rings. The van der Waals surface area contributed by atoms with Crippen LogP contribution in [-0.4, -0.2) is 38.8 Å². The van der Waals surface area contributed by atoms with E-state index in [0.29, 0.717) is 11.3 Å². The fourth-order valence-corrected chi connectivity index (χ4v) is 3.26. The monoisotopic (exact) mass is 350 g/mol. The third-order valence-electron chi connectivity index (χ3n) is 4.57. The van der Waals surface area contributed by atoms with E-state index in [4.69, 9.17) is 10.00 Å². The lowest BCUT2D eigenvalue weighted by Crippen LogP contribution is -2.39. The SMILES string of the molecule is Cc1cn2c(=O)[nH]nc2nc1N1CCC(Oc2cccc(C#N)c2)CC1. The molecule has 0 saturated carbocycles. The molecule has 2 aromatic heterocycles. The van der Waals surface area contributed by atoms with Crippen molar-refractivity contribution < 1.29 is 4.74 Å². The Bertz CT molecular complexity index is 1040. The fourth-order valence-electron chi connectivity index (χ4n) is 3.26. The maximum absolute atomic E-state index is 11.6. The lowest BCUT2D eigenvalue weighted by molar-refractivity contribution is 0.170.